The van der Waals surface area contributed by atoms with Crippen molar-refractivity contribution in [2.45, 2.75) is 18.7 Å². The van der Waals surface area contributed by atoms with E-state index in [1.807, 2.05) is 78.9 Å². The molecule has 0 bridgehead atoms. The minimum absolute atomic E-state index is 0.0296. The number of benzene rings is 3. The van der Waals surface area contributed by atoms with Crippen molar-refractivity contribution in [3.8, 4) is 5.75 Å². The van der Waals surface area contributed by atoms with E-state index in [4.69, 9.17) is 16.3 Å². The van der Waals surface area contributed by atoms with Crippen molar-refractivity contribution in [1.82, 2.24) is 5.32 Å². The summed E-state index contributed by atoms with van der Waals surface area (Å²) in [5, 5.41) is 3.95. The van der Waals surface area contributed by atoms with Crippen LogP contribution in [0.2, 0.25) is 5.02 Å². The van der Waals surface area contributed by atoms with Crippen molar-refractivity contribution < 1.29 is 9.53 Å². The largest absolute Gasteiger partial charge is 0.488 e. The van der Waals surface area contributed by atoms with Crippen LogP contribution in [0.3, 0.4) is 0 Å². The maximum absolute atomic E-state index is 12.9. The number of para-hydroxylation sites is 1. The predicted molar refractivity (Wildman–Crippen MR) is 103 cm³/mol. The molecule has 1 N–H and O–H groups in total. The van der Waals surface area contributed by atoms with Gasteiger partial charge in [-0.1, -0.05) is 66.2 Å². The molecule has 0 saturated carbocycles. The minimum atomic E-state index is -0.224. The first-order valence-corrected chi connectivity index (χ1v) is 8.91. The molecule has 3 nitrogen and oxygen atoms in total. The minimum Gasteiger partial charge on any atom is -0.488 e. The molecule has 0 spiro atoms. The molecule has 0 aromatic heterocycles. The molecule has 3 aromatic rings. The second-order valence-electron chi connectivity index (χ2n) is 6.31. The van der Waals surface area contributed by atoms with Crippen molar-refractivity contribution in [1.29, 1.82) is 0 Å². The molecule has 1 fully saturated rings. The normalized spacial score (nSPS) is 18.3. The summed E-state index contributed by atoms with van der Waals surface area (Å²) < 4.78 is 5.91. The lowest BCUT2D eigenvalue weighted by atomic mass is 10.0. The summed E-state index contributed by atoms with van der Waals surface area (Å²) in [6.45, 7) is 0.434. The number of halogens is 1. The summed E-state index contributed by atoms with van der Waals surface area (Å²) in [6, 6.07) is 24.7. The van der Waals surface area contributed by atoms with Gasteiger partial charge in [-0.05, 0) is 35.4 Å². The lowest BCUT2D eigenvalue weighted by Gasteiger charge is -2.10. The van der Waals surface area contributed by atoms with Crippen LogP contribution < -0.4 is 10.1 Å². The number of carbonyl (C=O) groups excluding carboxylic acids is 1. The van der Waals surface area contributed by atoms with Crippen LogP contribution in [-0.2, 0) is 6.61 Å². The standard InChI is InChI=1S/C22H18ClNO2/c23-17-12-10-16(11-13-17)20-21(24-20)22(25)18-8-4-5-9-19(18)26-14-15-6-2-1-3-7-15/h1-13,20-21,24H,14H2/t20-,21+/m0/s1. The monoisotopic (exact) mass is 363 g/mol. The average molecular weight is 364 g/mol. The first-order chi connectivity index (χ1) is 12.7. The number of carbonyl (C=O) groups is 1. The molecule has 4 heteroatoms. The number of ketones is 1. The van der Waals surface area contributed by atoms with Gasteiger partial charge < -0.3 is 4.74 Å². The summed E-state index contributed by atoms with van der Waals surface area (Å²) in [4.78, 5) is 12.9. The molecule has 26 heavy (non-hydrogen) atoms. The molecule has 1 aliphatic heterocycles. The Bertz CT molecular complexity index is 909. The van der Waals surface area contributed by atoms with E-state index in [2.05, 4.69) is 5.32 Å². The molecule has 0 radical (unpaired) electrons. The van der Waals surface area contributed by atoms with Gasteiger partial charge in [0.25, 0.3) is 0 Å². The molecule has 0 unspecified atom stereocenters. The van der Waals surface area contributed by atoms with Crippen molar-refractivity contribution >= 4 is 17.4 Å². The molecule has 0 amide bonds. The van der Waals surface area contributed by atoms with Gasteiger partial charge >= 0.3 is 0 Å². The van der Waals surface area contributed by atoms with E-state index in [1.54, 1.807) is 0 Å². The van der Waals surface area contributed by atoms with Gasteiger partial charge in [0.05, 0.1) is 17.6 Å². The fourth-order valence-corrected chi connectivity index (χ4v) is 3.15. The first kappa shape index (κ1) is 16.8. The summed E-state index contributed by atoms with van der Waals surface area (Å²) in [7, 11) is 0. The van der Waals surface area contributed by atoms with E-state index in [-0.39, 0.29) is 17.9 Å². The van der Waals surface area contributed by atoms with Crippen LogP contribution in [0.5, 0.6) is 5.75 Å². The molecule has 4 rings (SSSR count). The topological polar surface area (TPSA) is 48.2 Å². The first-order valence-electron chi connectivity index (χ1n) is 8.54. The number of hydrogen-bond donors (Lipinski definition) is 1. The van der Waals surface area contributed by atoms with E-state index >= 15 is 0 Å². The maximum Gasteiger partial charge on any atom is 0.185 e. The maximum atomic E-state index is 12.9. The van der Waals surface area contributed by atoms with Crippen LogP contribution in [0.1, 0.15) is 27.5 Å². The quantitative estimate of drug-likeness (QED) is 0.504. The Morgan fingerprint density at radius 3 is 2.38 bits per heavy atom. The molecule has 2 atom stereocenters. The highest BCUT2D eigenvalue weighted by Crippen LogP contribution is 2.34. The fraction of sp³-hybridized carbons (Fsp3) is 0.136. The van der Waals surface area contributed by atoms with Gasteiger partial charge in [0.15, 0.2) is 5.78 Å². The van der Waals surface area contributed by atoms with E-state index in [0.29, 0.717) is 22.9 Å². The second-order valence-corrected chi connectivity index (χ2v) is 6.74. The third-order valence-electron chi connectivity index (χ3n) is 4.48. The molecule has 1 aliphatic rings. The Morgan fingerprint density at radius 2 is 1.62 bits per heavy atom. The smallest absolute Gasteiger partial charge is 0.185 e. The van der Waals surface area contributed by atoms with Crippen molar-refractivity contribution in [2.24, 2.45) is 0 Å². The van der Waals surface area contributed by atoms with Crippen LogP contribution >= 0.6 is 11.6 Å². The van der Waals surface area contributed by atoms with Crippen LogP contribution in [0.25, 0.3) is 0 Å². The molecular weight excluding hydrogens is 346 g/mol. The van der Waals surface area contributed by atoms with Crippen LogP contribution in [0, 0.1) is 0 Å². The van der Waals surface area contributed by atoms with Gasteiger partial charge in [-0.15, -0.1) is 0 Å². The van der Waals surface area contributed by atoms with Crippen molar-refractivity contribution in [2.75, 3.05) is 0 Å². The third kappa shape index (κ3) is 3.64. The highest BCUT2D eigenvalue weighted by Gasteiger charge is 2.44. The van der Waals surface area contributed by atoms with Crippen LogP contribution in [0.4, 0.5) is 0 Å². The van der Waals surface area contributed by atoms with Gasteiger partial charge in [-0.3, -0.25) is 10.1 Å². The molecule has 1 heterocycles. The summed E-state index contributed by atoms with van der Waals surface area (Å²) in [6.07, 6.45) is 0. The Morgan fingerprint density at radius 1 is 0.923 bits per heavy atom. The Labute approximate surface area is 157 Å². The lowest BCUT2D eigenvalue weighted by Crippen LogP contribution is -2.12. The average Bonchev–Trinajstić information content (AvgIpc) is 3.48. The highest BCUT2D eigenvalue weighted by molar-refractivity contribution is 6.30. The number of hydrogen-bond acceptors (Lipinski definition) is 3. The van der Waals surface area contributed by atoms with E-state index < -0.39 is 0 Å². The molecule has 0 aliphatic carbocycles. The Kier molecular flexibility index (Phi) is 4.74. The molecular formula is C22H18ClNO2. The molecule has 1 saturated heterocycles. The predicted octanol–water partition coefficient (Wildman–Crippen LogP) is 4.81. The number of rotatable bonds is 6. The summed E-state index contributed by atoms with van der Waals surface area (Å²) >= 11 is 5.93. The number of ether oxygens (including phenoxy) is 1. The summed E-state index contributed by atoms with van der Waals surface area (Å²) in [5.41, 5.74) is 2.74. The molecule has 3 aromatic carbocycles. The Balaban J connectivity index is 1.48. The van der Waals surface area contributed by atoms with Crippen LogP contribution in [0.15, 0.2) is 78.9 Å². The van der Waals surface area contributed by atoms with Crippen LogP contribution in [-0.4, -0.2) is 11.8 Å². The van der Waals surface area contributed by atoms with Gasteiger partial charge in [-0.2, -0.15) is 0 Å². The van der Waals surface area contributed by atoms with Gasteiger partial charge in [0.2, 0.25) is 0 Å². The van der Waals surface area contributed by atoms with E-state index in [9.17, 15) is 4.79 Å². The number of Topliss-reactive ketones (excluding diaryl/α,β-unsaturated/α-hetero) is 1. The highest BCUT2D eigenvalue weighted by atomic mass is 35.5. The Hall–Kier alpha value is -2.62. The van der Waals surface area contributed by atoms with Gasteiger partial charge in [0, 0.05) is 5.02 Å². The van der Waals surface area contributed by atoms with Gasteiger partial charge in [0.1, 0.15) is 12.4 Å². The van der Waals surface area contributed by atoms with E-state index in [1.165, 1.54) is 0 Å². The SMILES string of the molecule is O=C(c1ccccc1OCc1ccccc1)[C@@H]1N[C@H]1c1ccc(Cl)cc1. The number of nitrogens with one attached hydrogen (secondary N) is 1. The van der Waals surface area contributed by atoms with Gasteiger partial charge in [-0.25, -0.2) is 0 Å². The zero-order valence-electron chi connectivity index (χ0n) is 14.1. The summed E-state index contributed by atoms with van der Waals surface area (Å²) in [5.74, 6) is 0.665. The van der Waals surface area contributed by atoms with Crippen molar-refractivity contribution in [3.63, 3.8) is 0 Å². The molecule has 130 valence electrons. The second kappa shape index (κ2) is 7.32. The lowest BCUT2D eigenvalue weighted by molar-refractivity contribution is 0.0983. The zero-order chi connectivity index (χ0) is 17.9. The van der Waals surface area contributed by atoms with Crippen molar-refractivity contribution in [3.05, 3.63) is 101 Å². The zero-order valence-corrected chi connectivity index (χ0v) is 14.8. The third-order valence-corrected chi connectivity index (χ3v) is 4.74. The van der Waals surface area contributed by atoms with E-state index in [0.717, 1.165) is 11.1 Å². The fourth-order valence-electron chi connectivity index (χ4n) is 3.02.